The fourth-order valence-electron chi connectivity index (χ4n) is 3.09. The van der Waals surface area contributed by atoms with Crippen LogP contribution in [0.5, 0.6) is 5.75 Å². The van der Waals surface area contributed by atoms with Crippen molar-refractivity contribution >= 4 is 33.7 Å². The number of nitrogens with one attached hydrogen (secondary N) is 1. The fourth-order valence-corrected chi connectivity index (χ4v) is 3.09. The summed E-state index contributed by atoms with van der Waals surface area (Å²) in [7, 11) is 0. The van der Waals surface area contributed by atoms with E-state index in [4.69, 9.17) is 9.72 Å². The molecule has 0 fully saturated rings. The van der Waals surface area contributed by atoms with Gasteiger partial charge in [0, 0.05) is 11.9 Å². The summed E-state index contributed by atoms with van der Waals surface area (Å²) in [5.74, 6) is 0.925. The molecule has 0 atom stereocenters. The second-order valence-electron chi connectivity index (χ2n) is 6.63. The zero-order valence-electron chi connectivity index (χ0n) is 15.8. The van der Waals surface area contributed by atoms with Crippen molar-refractivity contribution < 1.29 is 9.53 Å². The van der Waals surface area contributed by atoms with Gasteiger partial charge in [0.25, 0.3) is 5.91 Å². The van der Waals surface area contributed by atoms with E-state index in [1.54, 1.807) is 0 Å². The number of amides is 1. The number of benzene rings is 2. The zero-order valence-corrected chi connectivity index (χ0v) is 15.8. The molecular weight excluding hydrogens is 352 g/mol. The number of unbranched alkanes of at least 4 members (excludes halogenated alkanes) is 1. The zero-order chi connectivity index (χ0) is 19.3. The number of hydrogen-bond donors (Lipinski definition) is 1. The Morgan fingerprint density at radius 1 is 1.11 bits per heavy atom. The van der Waals surface area contributed by atoms with Crippen LogP contribution in [0.4, 0.5) is 5.82 Å². The van der Waals surface area contributed by atoms with E-state index in [0.29, 0.717) is 11.6 Å². The van der Waals surface area contributed by atoms with E-state index in [-0.39, 0.29) is 12.5 Å². The fraction of sp³-hybridized carbons (Fsp3) is 0.227. The minimum absolute atomic E-state index is 0.0751. The smallest absolute Gasteiger partial charge is 0.263 e. The number of rotatable bonds is 7. The molecule has 0 aliphatic carbocycles. The van der Waals surface area contributed by atoms with Gasteiger partial charge in [-0.3, -0.25) is 4.79 Å². The molecule has 0 spiro atoms. The minimum atomic E-state index is -0.251. The third kappa shape index (κ3) is 3.81. The van der Waals surface area contributed by atoms with E-state index in [2.05, 4.69) is 17.3 Å². The Kier molecular flexibility index (Phi) is 5.19. The summed E-state index contributed by atoms with van der Waals surface area (Å²) >= 11 is 0. The number of hydrogen-bond acceptors (Lipinski definition) is 4. The van der Waals surface area contributed by atoms with Crippen molar-refractivity contribution in [1.29, 1.82) is 0 Å². The SMILES string of the molecule is CCCCn1nc(NC(=O)COc2ccccc2)c2cc3ccccc3nc21. The molecule has 0 unspecified atom stereocenters. The Hall–Kier alpha value is -3.41. The van der Waals surface area contributed by atoms with Crippen molar-refractivity contribution in [2.75, 3.05) is 11.9 Å². The van der Waals surface area contributed by atoms with Crippen molar-refractivity contribution in [2.24, 2.45) is 0 Å². The van der Waals surface area contributed by atoms with Crippen molar-refractivity contribution in [1.82, 2.24) is 14.8 Å². The lowest BCUT2D eigenvalue weighted by molar-refractivity contribution is -0.118. The number of fused-ring (bicyclic) bond motifs is 2. The lowest BCUT2D eigenvalue weighted by atomic mass is 10.2. The average Bonchev–Trinajstić information content (AvgIpc) is 3.06. The van der Waals surface area contributed by atoms with Gasteiger partial charge in [0.1, 0.15) is 5.75 Å². The van der Waals surface area contributed by atoms with Gasteiger partial charge in [0.05, 0.1) is 10.9 Å². The minimum Gasteiger partial charge on any atom is -0.484 e. The first kappa shape index (κ1) is 18.0. The predicted octanol–water partition coefficient (Wildman–Crippen LogP) is 4.40. The van der Waals surface area contributed by atoms with Crippen molar-refractivity contribution in [3.63, 3.8) is 0 Å². The summed E-state index contributed by atoms with van der Waals surface area (Å²) in [6.45, 7) is 2.82. The Balaban J connectivity index is 1.61. The molecule has 0 aliphatic rings. The van der Waals surface area contributed by atoms with Crippen LogP contribution in [0.15, 0.2) is 60.7 Å². The molecule has 0 aliphatic heterocycles. The van der Waals surface area contributed by atoms with Crippen LogP contribution in [-0.4, -0.2) is 27.3 Å². The maximum atomic E-state index is 12.4. The highest BCUT2D eigenvalue weighted by atomic mass is 16.5. The van der Waals surface area contributed by atoms with Crippen LogP contribution >= 0.6 is 0 Å². The molecule has 4 rings (SSSR count). The molecule has 0 bridgehead atoms. The maximum Gasteiger partial charge on any atom is 0.263 e. The summed E-state index contributed by atoms with van der Waals surface area (Å²) in [6.07, 6.45) is 2.05. The van der Waals surface area contributed by atoms with Crippen LogP contribution in [0.3, 0.4) is 0 Å². The maximum absolute atomic E-state index is 12.4. The molecule has 2 heterocycles. The van der Waals surface area contributed by atoms with Gasteiger partial charge in [-0.1, -0.05) is 49.7 Å². The van der Waals surface area contributed by atoms with Gasteiger partial charge >= 0.3 is 0 Å². The Labute approximate surface area is 163 Å². The first-order chi connectivity index (χ1) is 13.7. The molecule has 6 heteroatoms. The Bertz CT molecular complexity index is 1110. The van der Waals surface area contributed by atoms with Gasteiger partial charge in [-0.2, -0.15) is 5.10 Å². The normalized spacial score (nSPS) is 11.0. The first-order valence-corrected chi connectivity index (χ1v) is 9.48. The van der Waals surface area contributed by atoms with Crippen LogP contribution in [0.25, 0.3) is 21.9 Å². The lowest BCUT2D eigenvalue weighted by Crippen LogP contribution is -2.20. The van der Waals surface area contributed by atoms with Gasteiger partial charge < -0.3 is 10.1 Å². The van der Waals surface area contributed by atoms with Crippen molar-refractivity contribution in [2.45, 2.75) is 26.3 Å². The first-order valence-electron chi connectivity index (χ1n) is 9.48. The molecule has 4 aromatic rings. The van der Waals surface area contributed by atoms with Crippen LogP contribution in [-0.2, 0) is 11.3 Å². The van der Waals surface area contributed by atoms with E-state index < -0.39 is 0 Å². The summed E-state index contributed by atoms with van der Waals surface area (Å²) in [6, 6.07) is 19.2. The average molecular weight is 374 g/mol. The van der Waals surface area contributed by atoms with Crippen molar-refractivity contribution in [3.05, 3.63) is 60.7 Å². The highest BCUT2D eigenvalue weighted by Gasteiger charge is 2.15. The number of nitrogens with zero attached hydrogens (tertiary/aromatic N) is 3. The van der Waals surface area contributed by atoms with Gasteiger partial charge in [-0.05, 0) is 30.7 Å². The van der Waals surface area contributed by atoms with E-state index in [1.165, 1.54) is 0 Å². The number of aromatic nitrogens is 3. The number of carbonyl (C=O) groups is 1. The van der Waals surface area contributed by atoms with Crippen LogP contribution in [0.1, 0.15) is 19.8 Å². The Morgan fingerprint density at radius 2 is 1.89 bits per heavy atom. The second kappa shape index (κ2) is 8.08. The third-order valence-corrected chi connectivity index (χ3v) is 4.52. The third-order valence-electron chi connectivity index (χ3n) is 4.52. The van der Waals surface area contributed by atoms with Crippen molar-refractivity contribution in [3.8, 4) is 5.75 Å². The molecule has 0 saturated carbocycles. The lowest BCUT2D eigenvalue weighted by Gasteiger charge is -2.06. The molecule has 1 amide bonds. The van der Waals surface area contributed by atoms with Crippen LogP contribution in [0, 0.1) is 0 Å². The molecule has 142 valence electrons. The molecule has 0 saturated heterocycles. The predicted molar refractivity (Wildman–Crippen MR) is 111 cm³/mol. The van der Waals surface area contributed by atoms with Gasteiger partial charge in [0.2, 0.25) is 0 Å². The number of para-hydroxylation sites is 2. The highest BCUT2D eigenvalue weighted by molar-refractivity contribution is 6.03. The van der Waals surface area contributed by atoms with Gasteiger partial charge in [-0.15, -0.1) is 0 Å². The number of aryl methyl sites for hydroxylation is 1. The molecular formula is C22H22N4O2. The highest BCUT2D eigenvalue weighted by Crippen LogP contribution is 2.26. The van der Waals surface area contributed by atoms with Crippen LogP contribution < -0.4 is 10.1 Å². The summed E-state index contributed by atoms with van der Waals surface area (Å²) in [5, 5.41) is 9.34. The largest absolute Gasteiger partial charge is 0.484 e. The standard InChI is InChI=1S/C22H22N4O2/c1-2-3-13-26-22-18(14-16-9-7-8-12-19(16)23-22)21(25-26)24-20(27)15-28-17-10-5-4-6-11-17/h4-12,14H,2-3,13,15H2,1H3,(H,24,25,27). The Morgan fingerprint density at radius 3 is 2.71 bits per heavy atom. The molecule has 2 aromatic carbocycles. The second-order valence-corrected chi connectivity index (χ2v) is 6.63. The quantitative estimate of drug-likeness (QED) is 0.520. The summed E-state index contributed by atoms with van der Waals surface area (Å²) < 4.78 is 7.41. The topological polar surface area (TPSA) is 69.0 Å². The van der Waals surface area contributed by atoms with E-state index in [1.807, 2.05) is 65.3 Å². The molecule has 1 N–H and O–H groups in total. The molecule has 28 heavy (non-hydrogen) atoms. The van der Waals surface area contributed by atoms with E-state index in [0.717, 1.165) is 41.3 Å². The monoisotopic (exact) mass is 374 g/mol. The number of ether oxygens (including phenoxy) is 1. The summed E-state index contributed by atoms with van der Waals surface area (Å²) in [5.41, 5.74) is 1.70. The van der Waals surface area contributed by atoms with Crippen LogP contribution in [0.2, 0.25) is 0 Å². The number of carbonyl (C=O) groups excluding carboxylic acids is 1. The summed E-state index contributed by atoms with van der Waals surface area (Å²) in [4.78, 5) is 17.2. The molecule has 2 aromatic heterocycles. The number of anilines is 1. The van der Waals surface area contributed by atoms with Gasteiger partial charge in [-0.25, -0.2) is 9.67 Å². The van der Waals surface area contributed by atoms with Gasteiger partial charge in [0.15, 0.2) is 18.1 Å². The molecule has 0 radical (unpaired) electrons. The van der Waals surface area contributed by atoms with E-state index >= 15 is 0 Å². The van der Waals surface area contributed by atoms with E-state index in [9.17, 15) is 4.79 Å². The number of pyridine rings is 1. The molecule has 6 nitrogen and oxygen atoms in total.